The summed E-state index contributed by atoms with van der Waals surface area (Å²) in [6.07, 6.45) is 0. The van der Waals surface area contributed by atoms with Crippen molar-refractivity contribution in [3.8, 4) is 0 Å². The van der Waals surface area contributed by atoms with Crippen LogP contribution in [-0.4, -0.2) is 40.5 Å². The Morgan fingerprint density at radius 2 is 2.20 bits per heavy atom. The van der Waals surface area contributed by atoms with Gasteiger partial charge in [-0.3, -0.25) is 4.21 Å². The second-order valence-electron chi connectivity index (χ2n) is 1.91. The van der Waals surface area contributed by atoms with Gasteiger partial charge in [-0.1, -0.05) is 6.92 Å². The highest BCUT2D eigenvalue weighted by Gasteiger charge is 1.93. The lowest BCUT2D eigenvalue weighted by Crippen LogP contribution is -2.23. The fourth-order valence-corrected chi connectivity index (χ4v) is 1.20. The lowest BCUT2D eigenvalue weighted by Gasteiger charge is -1.99. The number of nitrogens with one attached hydrogen (secondary N) is 1. The molecule has 2 N–H and O–H groups in total. The highest BCUT2D eigenvalue weighted by molar-refractivity contribution is 7.84. The first-order valence-corrected chi connectivity index (χ1v) is 4.96. The van der Waals surface area contributed by atoms with Crippen LogP contribution in [-0.2, 0) is 10.8 Å². The average Bonchev–Trinajstić information content (AvgIpc) is 1.98. The van der Waals surface area contributed by atoms with E-state index < -0.39 is 10.8 Å². The Bertz CT molecular complexity index is 97.7. The maximum atomic E-state index is 10.8. The topological polar surface area (TPSA) is 49.3 Å². The summed E-state index contributed by atoms with van der Waals surface area (Å²) in [5.41, 5.74) is 0. The molecule has 1 atom stereocenters. The molecule has 1 unspecified atom stereocenters. The van der Waals surface area contributed by atoms with Gasteiger partial charge in [-0.2, -0.15) is 0 Å². The molecule has 0 spiro atoms. The lowest BCUT2D eigenvalue weighted by atomic mass is 10.6. The van der Waals surface area contributed by atoms with Crippen LogP contribution < -0.4 is 5.32 Å². The summed E-state index contributed by atoms with van der Waals surface area (Å²) in [5, 5.41) is 11.3. The summed E-state index contributed by atoms with van der Waals surface area (Å²) in [6, 6.07) is 0. The second-order valence-corrected chi connectivity index (χ2v) is 3.77. The monoisotopic (exact) mass is 165 g/mol. The van der Waals surface area contributed by atoms with E-state index >= 15 is 0 Å². The van der Waals surface area contributed by atoms with Crippen LogP contribution in [0.5, 0.6) is 0 Å². The number of hydrogen-bond acceptors (Lipinski definition) is 3. The van der Waals surface area contributed by atoms with Gasteiger partial charge in [0, 0.05) is 35.4 Å². The van der Waals surface area contributed by atoms with Crippen LogP contribution in [0.4, 0.5) is 0 Å². The van der Waals surface area contributed by atoms with Crippen LogP contribution in [0.25, 0.3) is 0 Å². The number of hydrogen-bond donors (Lipinski definition) is 2. The zero-order valence-electron chi connectivity index (χ0n) is 6.30. The fraction of sp³-hybridized carbons (Fsp3) is 1.00. The van der Waals surface area contributed by atoms with Crippen molar-refractivity contribution in [2.75, 3.05) is 31.2 Å². The maximum absolute atomic E-state index is 10.8. The maximum Gasteiger partial charge on any atom is 0.0555 e. The van der Waals surface area contributed by atoms with Crippen molar-refractivity contribution >= 4 is 10.8 Å². The third kappa shape index (κ3) is 6.19. The molecule has 0 saturated carbocycles. The van der Waals surface area contributed by atoms with E-state index in [9.17, 15) is 4.21 Å². The molecule has 0 radical (unpaired) electrons. The van der Waals surface area contributed by atoms with Gasteiger partial charge in [-0.05, 0) is 0 Å². The highest BCUT2D eigenvalue weighted by Crippen LogP contribution is 1.77. The zero-order valence-corrected chi connectivity index (χ0v) is 7.12. The Morgan fingerprint density at radius 1 is 1.50 bits per heavy atom. The minimum atomic E-state index is -0.675. The Hall–Kier alpha value is 0.0700. The smallest absolute Gasteiger partial charge is 0.0555 e. The summed E-state index contributed by atoms with van der Waals surface area (Å²) in [5.74, 6) is 1.41. The van der Waals surface area contributed by atoms with E-state index in [2.05, 4.69) is 5.32 Å². The normalized spacial score (nSPS) is 13.4. The van der Waals surface area contributed by atoms with Gasteiger partial charge in [0.1, 0.15) is 0 Å². The van der Waals surface area contributed by atoms with Crippen molar-refractivity contribution in [3.63, 3.8) is 0 Å². The molecule has 0 amide bonds. The van der Waals surface area contributed by atoms with E-state index in [1.165, 1.54) is 0 Å². The molecule has 0 bridgehead atoms. The molecule has 0 aromatic rings. The predicted molar refractivity (Wildman–Crippen MR) is 43.5 cm³/mol. The largest absolute Gasteiger partial charge is 0.395 e. The molecule has 3 nitrogen and oxygen atoms in total. The van der Waals surface area contributed by atoms with Crippen molar-refractivity contribution in [1.82, 2.24) is 5.32 Å². The van der Waals surface area contributed by atoms with Crippen molar-refractivity contribution in [1.29, 1.82) is 0 Å². The summed E-state index contributed by atoms with van der Waals surface area (Å²) in [6.45, 7) is 3.39. The molecule has 62 valence electrons. The van der Waals surface area contributed by atoms with E-state index in [0.717, 1.165) is 12.3 Å². The van der Waals surface area contributed by atoms with E-state index in [0.29, 0.717) is 12.3 Å². The lowest BCUT2D eigenvalue weighted by molar-refractivity contribution is 0.293. The number of aliphatic hydroxyl groups is 1. The standard InChI is InChI=1S/C6H15NO2S/c1-2-10(9)6-4-7-3-5-8/h7-8H,2-6H2,1H3. The van der Waals surface area contributed by atoms with Crippen molar-refractivity contribution in [2.45, 2.75) is 6.92 Å². The minimum Gasteiger partial charge on any atom is -0.395 e. The minimum absolute atomic E-state index is 0.152. The van der Waals surface area contributed by atoms with Gasteiger partial charge in [0.05, 0.1) is 6.61 Å². The van der Waals surface area contributed by atoms with Gasteiger partial charge < -0.3 is 10.4 Å². The predicted octanol–water partition coefficient (Wildman–Crippen LogP) is -0.663. The van der Waals surface area contributed by atoms with Crippen LogP contribution in [0.1, 0.15) is 6.92 Å². The quantitative estimate of drug-likeness (QED) is 0.514. The van der Waals surface area contributed by atoms with Crippen molar-refractivity contribution < 1.29 is 9.32 Å². The molecular formula is C6H15NO2S. The molecule has 0 aliphatic heterocycles. The fourth-order valence-electron chi connectivity index (χ4n) is 0.534. The average molecular weight is 165 g/mol. The Kier molecular flexibility index (Phi) is 7.23. The molecule has 4 heteroatoms. The SMILES string of the molecule is CCS(=O)CCNCCO. The summed E-state index contributed by atoms with van der Waals surface area (Å²) < 4.78 is 10.8. The molecule has 0 aliphatic rings. The van der Waals surface area contributed by atoms with Gasteiger partial charge in [0.2, 0.25) is 0 Å². The summed E-state index contributed by atoms with van der Waals surface area (Å²) in [4.78, 5) is 0. The van der Waals surface area contributed by atoms with E-state index in [-0.39, 0.29) is 6.61 Å². The van der Waals surface area contributed by atoms with Crippen LogP contribution in [0.3, 0.4) is 0 Å². The van der Waals surface area contributed by atoms with Crippen LogP contribution in [0, 0.1) is 0 Å². The molecule has 0 saturated heterocycles. The molecule has 10 heavy (non-hydrogen) atoms. The van der Waals surface area contributed by atoms with Gasteiger partial charge in [0.25, 0.3) is 0 Å². The first-order valence-electron chi connectivity index (χ1n) is 3.47. The van der Waals surface area contributed by atoms with Crippen molar-refractivity contribution in [3.05, 3.63) is 0 Å². The van der Waals surface area contributed by atoms with Gasteiger partial charge in [-0.15, -0.1) is 0 Å². The van der Waals surface area contributed by atoms with Crippen LogP contribution >= 0.6 is 0 Å². The van der Waals surface area contributed by atoms with Gasteiger partial charge in [0.15, 0.2) is 0 Å². The van der Waals surface area contributed by atoms with Crippen molar-refractivity contribution in [2.24, 2.45) is 0 Å². The third-order valence-corrected chi connectivity index (χ3v) is 2.42. The van der Waals surface area contributed by atoms with Gasteiger partial charge in [-0.25, -0.2) is 0 Å². The summed E-state index contributed by atoms with van der Waals surface area (Å²) >= 11 is 0. The first kappa shape index (κ1) is 10.1. The summed E-state index contributed by atoms with van der Waals surface area (Å²) in [7, 11) is -0.675. The molecule has 0 fully saturated rings. The van der Waals surface area contributed by atoms with E-state index in [1.807, 2.05) is 6.92 Å². The van der Waals surface area contributed by atoms with Crippen LogP contribution in [0.2, 0.25) is 0 Å². The van der Waals surface area contributed by atoms with Crippen LogP contribution in [0.15, 0.2) is 0 Å². The molecule has 0 aliphatic carbocycles. The Morgan fingerprint density at radius 3 is 2.70 bits per heavy atom. The molecule has 0 aromatic carbocycles. The van der Waals surface area contributed by atoms with Gasteiger partial charge >= 0.3 is 0 Å². The molecule has 0 rings (SSSR count). The number of rotatable bonds is 6. The molecule has 0 aromatic heterocycles. The Balaban J connectivity index is 2.96. The molecule has 0 heterocycles. The third-order valence-electron chi connectivity index (χ3n) is 1.12. The first-order chi connectivity index (χ1) is 4.81. The molecular weight excluding hydrogens is 150 g/mol. The van der Waals surface area contributed by atoms with E-state index in [1.54, 1.807) is 0 Å². The Labute approximate surface area is 64.3 Å². The number of aliphatic hydroxyl groups excluding tert-OH is 1. The highest BCUT2D eigenvalue weighted by atomic mass is 32.2. The van der Waals surface area contributed by atoms with E-state index in [4.69, 9.17) is 5.11 Å². The zero-order chi connectivity index (χ0) is 7.82. The second kappa shape index (κ2) is 7.18.